The van der Waals surface area contributed by atoms with Crippen molar-refractivity contribution in [1.29, 1.82) is 5.26 Å². The molecule has 1 aromatic carbocycles. The summed E-state index contributed by atoms with van der Waals surface area (Å²) in [6.45, 7) is 1.47. The van der Waals surface area contributed by atoms with Crippen LogP contribution in [0.5, 0.6) is 0 Å². The summed E-state index contributed by atoms with van der Waals surface area (Å²) in [5.74, 6) is 0.921. The van der Waals surface area contributed by atoms with Crippen molar-refractivity contribution in [2.45, 2.75) is 31.8 Å². The molecule has 0 saturated heterocycles. The van der Waals surface area contributed by atoms with Crippen LogP contribution in [0.25, 0.3) is 0 Å². The molecule has 2 aromatic rings. The normalized spacial score (nSPS) is 13.7. The number of carbonyl (C=O) groups excluding carboxylic acids is 1. The van der Waals surface area contributed by atoms with E-state index in [9.17, 15) is 4.79 Å². The van der Waals surface area contributed by atoms with Gasteiger partial charge in [0.1, 0.15) is 5.76 Å². The van der Waals surface area contributed by atoms with Gasteiger partial charge in [-0.25, -0.2) is 0 Å². The van der Waals surface area contributed by atoms with Gasteiger partial charge in [0.05, 0.1) is 24.4 Å². The number of nitrogens with one attached hydrogen (secondary N) is 1. The molecule has 0 atom stereocenters. The highest BCUT2D eigenvalue weighted by Crippen LogP contribution is 2.28. The van der Waals surface area contributed by atoms with Crippen molar-refractivity contribution >= 4 is 11.6 Å². The molecule has 0 bridgehead atoms. The molecule has 0 aliphatic heterocycles. The number of amides is 1. The van der Waals surface area contributed by atoms with Crippen LogP contribution in [0.3, 0.4) is 0 Å². The fourth-order valence-corrected chi connectivity index (χ4v) is 2.53. The fraction of sp³-hybridized carbons (Fsp3) is 0.333. The maximum absolute atomic E-state index is 12.1. The molecule has 1 N–H and O–H groups in total. The first kappa shape index (κ1) is 15.3. The van der Waals surface area contributed by atoms with Gasteiger partial charge in [-0.3, -0.25) is 9.69 Å². The summed E-state index contributed by atoms with van der Waals surface area (Å²) in [4.78, 5) is 14.4. The largest absolute Gasteiger partial charge is 0.468 e. The molecule has 1 aromatic heterocycles. The molecule has 3 rings (SSSR count). The minimum Gasteiger partial charge on any atom is -0.468 e. The van der Waals surface area contributed by atoms with Crippen molar-refractivity contribution < 1.29 is 9.21 Å². The summed E-state index contributed by atoms with van der Waals surface area (Å²) in [6.07, 6.45) is 4.51. The summed E-state index contributed by atoms with van der Waals surface area (Å²) in [6, 6.07) is 13.4. The first-order valence-electron chi connectivity index (χ1n) is 7.81. The van der Waals surface area contributed by atoms with E-state index < -0.39 is 0 Å². The highest BCUT2D eigenvalue weighted by molar-refractivity contribution is 5.90. The quantitative estimate of drug-likeness (QED) is 0.853. The molecule has 0 unspecified atom stereocenters. The Labute approximate surface area is 135 Å². The first-order valence-corrected chi connectivity index (χ1v) is 7.81. The van der Waals surface area contributed by atoms with Crippen LogP contribution in [-0.4, -0.2) is 23.4 Å². The Morgan fingerprint density at radius 2 is 2.09 bits per heavy atom. The zero-order valence-corrected chi connectivity index (χ0v) is 12.9. The van der Waals surface area contributed by atoms with Crippen LogP contribution in [0.4, 0.5) is 5.69 Å². The lowest BCUT2D eigenvalue weighted by atomic mass is 10.2. The number of nitriles is 1. The smallest absolute Gasteiger partial charge is 0.225 e. The molecule has 0 radical (unpaired) electrons. The summed E-state index contributed by atoms with van der Waals surface area (Å²) < 4.78 is 5.40. The molecule has 5 nitrogen and oxygen atoms in total. The summed E-state index contributed by atoms with van der Waals surface area (Å²) >= 11 is 0. The third-order valence-corrected chi connectivity index (χ3v) is 3.93. The van der Waals surface area contributed by atoms with E-state index in [1.165, 1.54) is 12.8 Å². The Bertz CT molecular complexity index is 682. The van der Waals surface area contributed by atoms with E-state index in [4.69, 9.17) is 9.68 Å². The molecule has 5 heteroatoms. The maximum Gasteiger partial charge on any atom is 0.225 e. The van der Waals surface area contributed by atoms with Gasteiger partial charge in [-0.1, -0.05) is 0 Å². The number of benzene rings is 1. The zero-order chi connectivity index (χ0) is 16.1. The van der Waals surface area contributed by atoms with Gasteiger partial charge in [-0.05, 0) is 49.2 Å². The Balaban J connectivity index is 1.49. The SMILES string of the molecule is N#Cc1ccc(NC(=O)CCN(Cc2ccco2)C2CC2)cc1. The van der Waals surface area contributed by atoms with Gasteiger partial charge < -0.3 is 9.73 Å². The number of rotatable bonds is 7. The summed E-state index contributed by atoms with van der Waals surface area (Å²) in [7, 11) is 0. The second kappa shape index (κ2) is 7.12. The lowest BCUT2D eigenvalue weighted by Crippen LogP contribution is -2.29. The van der Waals surface area contributed by atoms with Crippen LogP contribution >= 0.6 is 0 Å². The average molecular weight is 309 g/mol. The molecule has 1 saturated carbocycles. The van der Waals surface area contributed by atoms with Gasteiger partial charge in [-0.15, -0.1) is 0 Å². The van der Waals surface area contributed by atoms with Crippen molar-refractivity contribution in [1.82, 2.24) is 4.90 Å². The number of hydrogen-bond acceptors (Lipinski definition) is 4. The molecule has 118 valence electrons. The van der Waals surface area contributed by atoms with Crippen LogP contribution < -0.4 is 5.32 Å². The minimum atomic E-state index is -0.0141. The van der Waals surface area contributed by atoms with Crippen molar-refractivity contribution in [2.24, 2.45) is 0 Å². The third kappa shape index (κ3) is 4.44. The number of hydrogen-bond donors (Lipinski definition) is 1. The molecule has 1 aliphatic rings. The molecule has 0 spiro atoms. The molecule has 1 heterocycles. The molecular weight excluding hydrogens is 290 g/mol. The number of anilines is 1. The van der Waals surface area contributed by atoms with Crippen LogP contribution in [0.1, 0.15) is 30.6 Å². The van der Waals surface area contributed by atoms with E-state index in [1.807, 2.05) is 12.1 Å². The monoisotopic (exact) mass is 309 g/mol. The second-order valence-corrected chi connectivity index (χ2v) is 5.77. The van der Waals surface area contributed by atoms with Crippen molar-refractivity contribution in [3.63, 3.8) is 0 Å². The highest BCUT2D eigenvalue weighted by Gasteiger charge is 2.29. The van der Waals surface area contributed by atoms with E-state index in [0.717, 1.165) is 18.0 Å². The maximum atomic E-state index is 12.1. The van der Waals surface area contributed by atoms with Crippen LogP contribution in [0, 0.1) is 11.3 Å². The number of carbonyl (C=O) groups is 1. The lowest BCUT2D eigenvalue weighted by Gasteiger charge is -2.20. The van der Waals surface area contributed by atoms with Crippen molar-refractivity contribution in [3.05, 3.63) is 54.0 Å². The van der Waals surface area contributed by atoms with E-state index in [-0.39, 0.29) is 5.91 Å². The Hall–Kier alpha value is -2.58. The van der Waals surface area contributed by atoms with Gasteiger partial charge in [-0.2, -0.15) is 5.26 Å². The average Bonchev–Trinajstić information content (AvgIpc) is 3.29. The Morgan fingerprint density at radius 1 is 1.30 bits per heavy atom. The van der Waals surface area contributed by atoms with E-state index in [1.54, 1.807) is 30.5 Å². The second-order valence-electron chi connectivity index (χ2n) is 5.77. The van der Waals surface area contributed by atoms with E-state index in [2.05, 4.69) is 16.3 Å². The molecular formula is C18H19N3O2. The highest BCUT2D eigenvalue weighted by atomic mass is 16.3. The Morgan fingerprint density at radius 3 is 2.70 bits per heavy atom. The van der Waals surface area contributed by atoms with Crippen molar-refractivity contribution in [3.8, 4) is 6.07 Å². The number of furan rings is 1. The first-order chi connectivity index (χ1) is 11.2. The van der Waals surface area contributed by atoms with Gasteiger partial charge in [0.2, 0.25) is 5.91 Å². The van der Waals surface area contributed by atoms with Crippen LogP contribution in [0.15, 0.2) is 47.1 Å². The van der Waals surface area contributed by atoms with Crippen LogP contribution in [-0.2, 0) is 11.3 Å². The standard InChI is InChI=1S/C18H19N3O2/c19-12-14-3-5-15(6-4-14)20-18(22)9-10-21(16-7-8-16)13-17-2-1-11-23-17/h1-6,11,16H,7-10,13H2,(H,20,22). The summed E-state index contributed by atoms with van der Waals surface area (Å²) in [5, 5.41) is 11.6. The predicted octanol–water partition coefficient (Wildman–Crippen LogP) is 3.14. The van der Waals surface area contributed by atoms with Gasteiger partial charge in [0.15, 0.2) is 0 Å². The number of nitrogens with zero attached hydrogens (tertiary/aromatic N) is 2. The minimum absolute atomic E-state index is 0.0141. The van der Waals surface area contributed by atoms with Gasteiger partial charge in [0.25, 0.3) is 0 Å². The van der Waals surface area contributed by atoms with Gasteiger partial charge in [0, 0.05) is 24.7 Å². The van der Waals surface area contributed by atoms with E-state index in [0.29, 0.717) is 24.6 Å². The van der Waals surface area contributed by atoms with Crippen LogP contribution in [0.2, 0.25) is 0 Å². The summed E-state index contributed by atoms with van der Waals surface area (Å²) in [5.41, 5.74) is 1.30. The predicted molar refractivity (Wildman–Crippen MR) is 86.5 cm³/mol. The molecule has 1 amide bonds. The van der Waals surface area contributed by atoms with Crippen molar-refractivity contribution in [2.75, 3.05) is 11.9 Å². The zero-order valence-electron chi connectivity index (χ0n) is 12.9. The molecule has 1 fully saturated rings. The van der Waals surface area contributed by atoms with E-state index >= 15 is 0 Å². The molecule has 1 aliphatic carbocycles. The Kier molecular flexibility index (Phi) is 4.74. The lowest BCUT2D eigenvalue weighted by molar-refractivity contribution is -0.116. The molecule has 23 heavy (non-hydrogen) atoms. The fourth-order valence-electron chi connectivity index (χ4n) is 2.53. The van der Waals surface area contributed by atoms with Gasteiger partial charge >= 0.3 is 0 Å². The third-order valence-electron chi connectivity index (χ3n) is 3.93. The topological polar surface area (TPSA) is 69.3 Å².